The third-order valence-electron chi connectivity index (χ3n) is 4.74. The summed E-state index contributed by atoms with van der Waals surface area (Å²) in [7, 11) is 0. The van der Waals surface area contributed by atoms with Gasteiger partial charge in [0.1, 0.15) is 6.33 Å². The molecule has 0 radical (unpaired) electrons. The van der Waals surface area contributed by atoms with Crippen LogP contribution in [-0.2, 0) is 20.7 Å². The Morgan fingerprint density at radius 2 is 1.96 bits per heavy atom. The molecule has 8 nitrogen and oxygen atoms in total. The van der Waals surface area contributed by atoms with Crippen LogP contribution in [0, 0.1) is 0 Å². The zero-order chi connectivity index (χ0) is 17.1. The number of likely N-dealkylation sites (tertiary alicyclic amines) is 1. The van der Waals surface area contributed by atoms with Gasteiger partial charge in [0.2, 0.25) is 5.91 Å². The number of rotatable bonds is 4. The molecule has 132 valence electrons. The van der Waals surface area contributed by atoms with Gasteiger partial charge in [0, 0.05) is 6.54 Å². The minimum Gasteiger partial charge on any atom is -0.348 e. The molecule has 2 aliphatic rings. The highest BCUT2D eigenvalue weighted by Gasteiger charge is 2.35. The number of hydrogen-bond acceptors (Lipinski definition) is 6. The van der Waals surface area contributed by atoms with Crippen LogP contribution >= 0.6 is 0 Å². The van der Waals surface area contributed by atoms with Crippen molar-refractivity contribution in [3.05, 3.63) is 36.2 Å². The SMILES string of the molecule is O=C(Cc1ccc(-n2cnnn2)cc1)N1CCCCC1C1OCCO1. The topological polar surface area (TPSA) is 82.4 Å². The van der Waals surface area contributed by atoms with Crippen molar-refractivity contribution in [2.45, 2.75) is 38.0 Å². The number of carbonyl (C=O) groups excluding carboxylic acids is 1. The van der Waals surface area contributed by atoms with Crippen LogP contribution in [0.15, 0.2) is 30.6 Å². The van der Waals surface area contributed by atoms with E-state index in [1.165, 1.54) is 0 Å². The molecular formula is C17H21N5O3. The molecule has 1 unspecified atom stereocenters. The molecule has 0 spiro atoms. The van der Waals surface area contributed by atoms with E-state index in [0.717, 1.165) is 37.1 Å². The molecule has 8 heteroatoms. The molecule has 4 rings (SSSR count). The van der Waals surface area contributed by atoms with E-state index in [2.05, 4.69) is 15.5 Å². The van der Waals surface area contributed by atoms with Crippen LogP contribution in [0.1, 0.15) is 24.8 Å². The number of aromatic nitrogens is 4. The van der Waals surface area contributed by atoms with Crippen molar-refractivity contribution in [2.75, 3.05) is 19.8 Å². The fourth-order valence-electron chi connectivity index (χ4n) is 3.47. The van der Waals surface area contributed by atoms with Crippen LogP contribution in [0.4, 0.5) is 0 Å². The Balaban J connectivity index is 1.43. The van der Waals surface area contributed by atoms with E-state index in [1.54, 1.807) is 11.0 Å². The predicted octanol–water partition coefficient (Wildman–Crippen LogP) is 0.959. The minimum atomic E-state index is -0.272. The molecule has 3 heterocycles. The Labute approximate surface area is 145 Å². The lowest BCUT2D eigenvalue weighted by atomic mass is 10.00. The summed E-state index contributed by atoms with van der Waals surface area (Å²) >= 11 is 0. The smallest absolute Gasteiger partial charge is 0.227 e. The van der Waals surface area contributed by atoms with Crippen molar-refractivity contribution in [1.82, 2.24) is 25.1 Å². The Morgan fingerprint density at radius 1 is 1.16 bits per heavy atom. The number of nitrogens with zero attached hydrogens (tertiary/aromatic N) is 5. The van der Waals surface area contributed by atoms with E-state index < -0.39 is 0 Å². The first kappa shape index (κ1) is 16.2. The third kappa shape index (κ3) is 3.54. The maximum absolute atomic E-state index is 12.8. The lowest BCUT2D eigenvalue weighted by molar-refractivity contribution is -0.149. The maximum Gasteiger partial charge on any atom is 0.227 e. The van der Waals surface area contributed by atoms with E-state index in [-0.39, 0.29) is 18.2 Å². The van der Waals surface area contributed by atoms with Gasteiger partial charge in [-0.25, -0.2) is 4.68 Å². The molecule has 1 aromatic carbocycles. The van der Waals surface area contributed by atoms with Gasteiger partial charge in [-0.2, -0.15) is 0 Å². The van der Waals surface area contributed by atoms with Crippen LogP contribution < -0.4 is 0 Å². The minimum absolute atomic E-state index is 0.0317. The van der Waals surface area contributed by atoms with Crippen molar-refractivity contribution in [2.24, 2.45) is 0 Å². The summed E-state index contributed by atoms with van der Waals surface area (Å²) in [5.41, 5.74) is 1.84. The van der Waals surface area contributed by atoms with Gasteiger partial charge in [-0.3, -0.25) is 4.79 Å². The van der Waals surface area contributed by atoms with Crippen molar-refractivity contribution < 1.29 is 14.3 Å². The fourth-order valence-corrected chi connectivity index (χ4v) is 3.47. The van der Waals surface area contributed by atoms with E-state index >= 15 is 0 Å². The van der Waals surface area contributed by atoms with Crippen molar-refractivity contribution in [3.8, 4) is 5.69 Å². The second-order valence-electron chi connectivity index (χ2n) is 6.36. The summed E-state index contributed by atoms with van der Waals surface area (Å²) in [6.07, 6.45) is 4.73. The lowest BCUT2D eigenvalue weighted by Crippen LogP contribution is -2.50. The third-order valence-corrected chi connectivity index (χ3v) is 4.74. The number of hydrogen-bond donors (Lipinski definition) is 0. The quantitative estimate of drug-likeness (QED) is 0.822. The summed E-state index contributed by atoms with van der Waals surface area (Å²) in [6, 6.07) is 7.74. The normalized spacial score (nSPS) is 21.6. The molecular weight excluding hydrogens is 322 g/mol. The predicted molar refractivity (Wildman–Crippen MR) is 87.9 cm³/mol. The Morgan fingerprint density at radius 3 is 2.68 bits per heavy atom. The number of amides is 1. The first-order chi connectivity index (χ1) is 12.3. The van der Waals surface area contributed by atoms with Gasteiger partial charge >= 0.3 is 0 Å². The second-order valence-corrected chi connectivity index (χ2v) is 6.36. The molecule has 1 aromatic heterocycles. The van der Waals surface area contributed by atoms with Crippen LogP contribution in [0.25, 0.3) is 5.69 Å². The van der Waals surface area contributed by atoms with Gasteiger partial charge in [-0.1, -0.05) is 12.1 Å². The lowest BCUT2D eigenvalue weighted by Gasteiger charge is -2.38. The largest absolute Gasteiger partial charge is 0.348 e. The molecule has 1 atom stereocenters. The number of tetrazole rings is 1. The summed E-state index contributed by atoms with van der Waals surface area (Å²) < 4.78 is 12.9. The molecule has 2 fully saturated rings. The van der Waals surface area contributed by atoms with Crippen LogP contribution in [0.5, 0.6) is 0 Å². The van der Waals surface area contributed by atoms with Gasteiger partial charge < -0.3 is 14.4 Å². The highest BCUT2D eigenvalue weighted by molar-refractivity contribution is 5.79. The molecule has 25 heavy (non-hydrogen) atoms. The molecule has 0 saturated carbocycles. The number of carbonyl (C=O) groups is 1. The molecule has 2 aromatic rings. The molecule has 2 saturated heterocycles. The fraction of sp³-hybridized carbons (Fsp3) is 0.529. The first-order valence-electron chi connectivity index (χ1n) is 8.66. The summed E-state index contributed by atoms with van der Waals surface area (Å²) in [5, 5.41) is 11.1. The van der Waals surface area contributed by atoms with Gasteiger partial charge in [0.25, 0.3) is 0 Å². The summed E-state index contributed by atoms with van der Waals surface area (Å²) in [5.74, 6) is 0.124. The van der Waals surface area contributed by atoms with Crippen LogP contribution in [-0.4, -0.2) is 63.1 Å². The second kappa shape index (κ2) is 7.28. The monoisotopic (exact) mass is 343 g/mol. The highest BCUT2D eigenvalue weighted by Crippen LogP contribution is 2.25. The number of ether oxygens (including phenoxy) is 2. The highest BCUT2D eigenvalue weighted by atomic mass is 16.7. The zero-order valence-electron chi connectivity index (χ0n) is 14.0. The van der Waals surface area contributed by atoms with Crippen molar-refractivity contribution in [1.29, 1.82) is 0 Å². The van der Waals surface area contributed by atoms with Gasteiger partial charge in [0.05, 0.1) is 31.4 Å². The molecule has 1 amide bonds. The van der Waals surface area contributed by atoms with E-state index in [9.17, 15) is 4.79 Å². The van der Waals surface area contributed by atoms with Crippen molar-refractivity contribution in [3.63, 3.8) is 0 Å². The summed E-state index contributed by atoms with van der Waals surface area (Å²) in [4.78, 5) is 14.8. The number of piperidine rings is 1. The van der Waals surface area contributed by atoms with E-state index in [1.807, 2.05) is 29.2 Å². The molecule has 0 N–H and O–H groups in total. The van der Waals surface area contributed by atoms with Gasteiger partial charge in [-0.05, 0) is 47.4 Å². The van der Waals surface area contributed by atoms with E-state index in [4.69, 9.17) is 9.47 Å². The van der Waals surface area contributed by atoms with Gasteiger partial charge in [0.15, 0.2) is 6.29 Å². The molecule has 0 aliphatic carbocycles. The first-order valence-corrected chi connectivity index (χ1v) is 8.66. The average molecular weight is 343 g/mol. The van der Waals surface area contributed by atoms with Crippen LogP contribution in [0.3, 0.4) is 0 Å². The van der Waals surface area contributed by atoms with Gasteiger partial charge in [-0.15, -0.1) is 5.10 Å². The average Bonchev–Trinajstić information content (AvgIpc) is 3.36. The van der Waals surface area contributed by atoms with E-state index in [0.29, 0.717) is 19.6 Å². The maximum atomic E-state index is 12.8. The van der Waals surface area contributed by atoms with Crippen LogP contribution in [0.2, 0.25) is 0 Å². The Bertz CT molecular complexity index is 698. The summed E-state index contributed by atoms with van der Waals surface area (Å²) in [6.45, 7) is 2.00. The Kier molecular flexibility index (Phi) is 4.71. The standard InChI is InChI=1S/C17H21N5O3/c23-16(21-8-2-1-3-15(21)17-24-9-10-25-17)11-13-4-6-14(7-5-13)22-12-18-19-20-22/h4-7,12,15,17H,1-3,8-11H2. The number of benzene rings is 1. The Hall–Kier alpha value is -2.32. The molecule has 2 aliphatic heterocycles. The molecule has 0 bridgehead atoms. The van der Waals surface area contributed by atoms with Crippen molar-refractivity contribution >= 4 is 5.91 Å². The zero-order valence-corrected chi connectivity index (χ0v) is 14.0.